The van der Waals surface area contributed by atoms with Crippen LogP contribution in [0.5, 0.6) is 5.75 Å². The van der Waals surface area contributed by atoms with Crippen LogP contribution in [0.25, 0.3) is 0 Å². The van der Waals surface area contributed by atoms with E-state index in [0.29, 0.717) is 18.6 Å². The van der Waals surface area contributed by atoms with E-state index >= 15 is 0 Å². The van der Waals surface area contributed by atoms with Gasteiger partial charge in [-0.3, -0.25) is 4.79 Å². The summed E-state index contributed by atoms with van der Waals surface area (Å²) in [7, 11) is 0. The van der Waals surface area contributed by atoms with Gasteiger partial charge in [0.1, 0.15) is 5.75 Å². The highest BCUT2D eigenvalue weighted by Gasteiger charge is 2.33. The summed E-state index contributed by atoms with van der Waals surface area (Å²) in [4.78, 5) is 11.7. The van der Waals surface area contributed by atoms with Crippen molar-refractivity contribution in [1.29, 1.82) is 0 Å². The minimum Gasteiger partial charge on any atom is -0.484 e. The van der Waals surface area contributed by atoms with Crippen molar-refractivity contribution >= 4 is 5.91 Å². The van der Waals surface area contributed by atoms with E-state index in [9.17, 15) is 9.90 Å². The summed E-state index contributed by atoms with van der Waals surface area (Å²) < 4.78 is 5.33. The Labute approximate surface area is 112 Å². The largest absolute Gasteiger partial charge is 0.484 e. The Morgan fingerprint density at radius 1 is 1.32 bits per heavy atom. The van der Waals surface area contributed by atoms with E-state index < -0.39 is 6.10 Å². The van der Waals surface area contributed by atoms with Crippen LogP contribution in [-0.4, -0.2) is 41.5 Å². The molecule has 3 N–H and O–H groups in total. The first kappa shape index (κ1) is 13.8. The first-order chi connectivity index (χ1) is 9.19. The average molecular weight is 265 g/mol. The topological polar surface area (TPSA) is 78.8 Å². The Bertz CT molecular complexity index is 409. The van der Waals surface area contributed by atoms with E-state index in [2.05, 4.69) is 5.32 Å². The zero-order valence-corrected chi connectivity index (χ0v) is 10.7. The standard InChI is InChI=1S/C14H19NO4/c16-8-10-6-11(7-13(10)17)15-14(18)9-19-12-4-2-1-3-5-12/h1-5,10-11,13,16-17H,6-9H2,(H,15,18). The number of aliphatic hydroxyl groups excluding tert-OH is 2. The Hall–Kier alpha value is -1.59. The lowest BCUT2D eigenvalue weighted by atomic mass is 10.1. The lowest BCUT2D eigenvalue weighted by molar-refractivity contribution is -0.123. The third-order valence-electron chi connectivity index (χ3n) is 3.37. The fraction of sp³-hybridized carbons (Fsp3) is 0.500. The molecule has 0 radical (unpaired) electrons. The second-order valence-electron chi connectivity index (χ2n) is 4.85. The normalized spacial score (nSPS) is 26.1. The smallest absolute Gasteiger partial charge is 0.258 e. The number of amides is 1. The molecular formula is C14H19NO4. The van der Waals surface area contributed by atoms with Crippen molar-refractivity contribution in [3.63, 3.8) is 0 Å². The van der Waals surface area contributed by atoms with Gasteiger partial charge in [-0.15, -0.1) is 0 Å². The van der Waals surface area contributed by atoms with Gasteiger partial charge in [0.15, 0.2) is 6.61 Å². The van der Waals surface area contributed by atoms with Gasteiger partial charge in [-0.25, -0.2) is 0 Å². The van der Waals surface area contributed by atoms with Crippen LogP contribution in [0.2, 0.25) is 0 Å². The second kappa shape index (κ2) is 6.54. The van der Waals surface area contributed by atoms with Crippen LogP contribution >= 0.6 is 0 Å². The average Bonchev–Trinajstić information content (AvgIpc) is 2.77. The number of carbonyl (C=O) groups excluding carboxylic acids is 1. The van der Waals surface area contributed by atoms with Crippen molar-refractivity contribution in [1.82, 2.24) is 5.32 Å². The number of hydrogen-bond donors (Lipinski definition) is 3. The highest BCUT2D eigenvalue weighted by Crippen LogP contribution is 2.25. The summed E-state index contributed by atoms with van der Waals surface area (Å²) in [6, 6.07) is 9.04. The third kappa shape index (κ3) is 3.94. The molecule has 1 aromatic rings. The van der Waals surface area contributed by atoms with Crippen LogP contribution in [0, 0.1) is 5.92 Å². The number of carbonyl (C=O) groups is 1. The Balaban J connectivity index is 1.73. The van der Waals surface area contributed by atoms with E-state index in [4.69, 9.17) is 9.84 Å². The third-order valence-corrected chi connectivity index (χ3v) is 3.37. The SMILES string of the molecule is O=C(COc1ccccc1)NC1CC(O)C(CO)C1. The molecule has 5 heteroatoms. The van der Waals surface area contributed by atoms with E-state index in [1.165, 1.54) is 0 Å². The quantitative estimate of drug-likeness (QED) is 0.716. The maximum atomic E-state index is 11.7. The maximum absolute atomic E-state index is 11.7. The zero-order chi connectivity index (χ0) is 13.7. The Morgan fingerprint density at radius 2 is 2.05 bits per heavy atom. The summed E-state index contributed by atoms with van der Waals surface area (Å²) in [5.41, 5.74) is 0. The first-order valence-electron chi connectivity index (χ1n) is 6.45. The van der Waals surface area contributed by atoms with Crippen LogP contribution in [0.3, 0.4) is 0 Å². The minimum absolute atomic E-state index is 0.0413. The molecule has 1 saturated carbocycles. The molecule has 1 amide bonds. The molecule has 1 aliphatic carbocycles. The van der Waals surface area contributed by atoms with Crippen molar-refractivity contribution in [3.05, 3.63) is 30.3 Å². The van der Waals surface area contributed by atoms with Gasteiger partial charge in [0, 0.05) is 18.6 Å². The number of benzene rings is 1. The van der Waals surface area contributed by atoms with Crippen molar-refractivity contribution in [2.75, 3.05) is 13.2 Å². The van der Waals surface area contributed by atoms with Crippen molar-refractivity contribution < 1.29 is 19.7 Å². The number of rotatable bonds is 5. The fourth-order valence-corrected chi connectivity index (χ4v) is 2.35. The minimum atomic E-state index is -0.537. The zero-order valence-electron chi connectivity index (χ0n) is 10.7. The predicted octanol–water partition coefficient (Wildman–Crippen LogP) is 0.313. The summed E-state index contributed by atoms with van der Waals surface area (Å²) in [5, 5.41) is 21.5. The number of para-hydroxylation sites is 1. The van der Waals surface area contributed by atoms with Gasteiger partial charge in [0.2, 0.25) is 0 Å². The summed E-state index contributed by atoms with van der Waals surface area (Å²) in [6.07, 6.45) is 0.558. The van der Waals surface area contributed by atoms with Gasteiger partial charge in [0.05, 0.1) is 6.10 Å². The van der Waals surface area contributed by atoms with Gasteiger partial charge in [0.25, 0.3) is 5.91 Å². The first-order valence-corrected chi connectivity index (χ1v) is 6.45. The predicted molar refractivity (Wildman–Crippen MR) is 69.7 cm³/mol. The Morgan fingerprint density at radius 3 is 2.68 bits per heavy atom. The molecule has 5 nitrogen and oxygen atoms in total. The van der Waals surface area contributed by atoms with Crippen molar-refractivity contribution in [2.24, 2.45) is 5.92 Å². The molecule has 1 fully saturated rings. The van der Waals surface area contributed by atoms with Crippen LogP contribution < -0.4 is 10.1 Å². The molecule has 0 heterocycles. The van der Waals surface area contributed by atoms with Gasteiger partial charge < -0.3 is 20.3 Å². The molecule has 3 unspecified atom stereocenters. The van der Waals surface area contributed by atoms with Gasteiger partial charge in [-0.1, -0.05) is 18.2 Å². The molecule has 1 aromatic carbocycles. The molecule has 19 heavy (non-hydrogen) atoms. The monoisotopic (exact) mass is 265 g/mol. The summed E-state index contributed by atoms with van der Waals surface area (Å²) in [6.45, 7) is -0.0888. The van der Waals surface area contributed by atoms with E-state index in [0.717, 1.165) is 0 Å². The van der Waals surface area contributed by atoms with E-state index in [1.807, 2.05) is 18.2 Å². The maximum Gasteiger partial charge on any atom is 0.258 e. The van der Waals surface area contributed by atoms with Gasteiger partial charge in [-0.2, -0.15) is 0 Å². The Kier molecular flexibility index (Phi) is 4.76. The van der Waals surface area contributed by atoms with E-state index in [1.54, 1.807) is 12.1 Å². The van der Waals surface area contributed by atoms with E-state index in [-0.39, 0.29) is 31.1 Å². The van der Waals surface area contributed by atoms with Gasteiger partial charge >= 0.3 is 0 Å². The molecule has 2 rings (SSSR count). The van der Waals surface area contributed by atoms with Gasteiger partial charge in [-0.05, 0) is 25.0 Å². The fourth-order valence-electron chi connectivity index (χ4n) is 2.35. The van der Waals surface area contributed by atoms with Crippen LogP contribution in [0.15, 0.2) is 30.3 Å². The van der Waals surface area contributed by atoms with Crippen LogP contribution in [0.1, 0.15) is 12.8 Å². The number of hydrogen-bond acceptors (Lipinski definition) is 4. The highest BCUT2D eigenvalue weighted by molar-refractivity contribution is 5.77. The molecule has 0 aromatic heterocycles. The molecule has 0 spiro atoms. The van der Waals surface area contributed by atoms with Crippen molar-refractivity contribution in [3.8, 4) is 5.75 Å². The lowest BCUT2D eigenvalue weighted by Gasteiger charge is -2.13. The molecule has 0 aliphatic heterocycles. The molecule has 3 atom stereocenters. The lowest BCUT2D eigenvalue weighted by Crippen LogP contribution is -2.36. The number of nitrogens with one attached hydrogen (secondary N) is 1. The molecule has 1 aliphatic rings. The van der Waals surface area contributed by atoms with Crippen LogP contribution in [0.4, 0.5) is 0 Å². The molecular weight excluding hydrogens is 246 g/mol. The summed E-state index contributed by atoms with van der Waals surface area (Å²) in [5.74, 6) is 0.303. The molecule has 104 valence electrons. The van der Waals surface area contributed by atoms with Crippen LogP contribution in [-0.2, 0) is 4.79 Å². The molecule has 0 bridgehead atoms. The highest BCUT2D eigenvalue weighted by atomic mass is 16.5. The summed E-state index contributed by atoms with van der Waals surface area (Å²) >= 11 is 0. The number of aliphatic hydroxyl groups is 2. The number of ether oxygens (including phenoxy) is 1. The van der Waals surface area contributed by atoms with Crippen molar-refractivity contribution in [2.45, 2.75) is 25.0 Å². The molecule has 0 saturated heterocycles. The second-order valence-corrected chi connectivity index (χ2v) is 4.85.